The minimum absolute atomic E-state index is 0.000203. The Morgan fingerprint density at radius 3 is 2.33 bits per heavy atom. The smallest absolute Gasteiger partial charge is 0.259 e. The molecule has 138 valence electrons. The van der Waals surface area contributed by atoms with Gasteiger partial charge in [0.15, 0.2) is 5.11 Å². The number of nitrogens with one attached hydrogen (secondary N) is 1. The van der Waals surface area contributed by atoms with Crippen LogP contribution in [0.25, 0.3) is 0 Å². The van der Waals surface area contributed by atoms with Crippen molar-refractivity contribution in [2.24, 2.45) is 0 Å². The highest BCUT2D eigenvalue weighted by atomic mass is 32.1. The molecule has 4 rings (SSSR count). The molecular weight excluding hydrogens is 360 g/mol. The first-order valence-electron chi connectivity index (χ1n) is 8.91. The summed E-state index contributed by atoms with van der Waals surface area (Å²) in [4.78, 5) is 33.0. The van der Waals surface area contributed by atoms with E-state index in [1.165, 1.54) is 0 Å². The van der Waals surface area contributed by atoms with Gasteiger partial charge in [0.25, 0.3) is 11.8 Å². The van der Waals surface area contributed by atoms with Gasteiger partial charge in [-0.3, -0.25) is 19.5 Å². The Bertz CT molecular complexity index is 920. The molecule has 1 aromatic heterocycles. The second kappa shape index (κ2) is 6.42. The second-order valence-electron chi connectivity index (χ2n) is 6.93. The maximum atomic E-state index is 13.3. The van der Waals surface area contributed by atoms with Crippen molar-refractivity contribution in [1.29, 1.82) is 0 Å². The summed E-state index contributed by atoms with van der Waals surface area (Å²) < 4.78 is 0. The van der Waals surface area contributed by atoms with Gasteiger partial charge < -0.3 is 10.2 Å². The van der Waals surface area contributed by atoms with Crippen molar-refractivity contribution in [2.75, 3.05) is 16.8 Å². The zero-order chi connectivity index (χ0) is 19.2. The number of pyridine rings is 1. The molecule has 0 atom stereocenters. The summed E-state index contributed by atoms with van der Waals surface area (Å²) in [5, 5.41) is 3.07. The lowest BCUT2D eigenvalue weighted by molar-refractivity contribution is -0.123. The number of benzene rings is 1. The van der Waals surface area contributed by atoms with E-state index in [-0.39, 0.29) is 11.8 Å². The standard InChI is InChI=1S/C20H20N4O2S/c1-13-4-7-16(12-22-13)23-18(26)20(10-3-11-20)24(19(23)27)15-8-5-14(6-9-15)17(25)21-2/h4-9,12H,3,10-11H2,1-2H3,(H,21,25). The highest BCUT2D eigenvalue weighted by Gasteiger charge is 2.59. The van der Waals surface area contributed by atoms with Gasteiger partial charge in [-0.15, -0.1) is 0 Å². The molecule has 0 unspecified atom stereocenters. The second-order valence-corrected chi connectivity index (χ2v) is 7.29. The topological polar surface area (TPSA) is 65.5 Å². The Morgan fingerprint density at radius 1 is 1.15 bits per heavy atom. The largest absolute Gasteiger partial charge is 0.355 e. The first-order valence-corrected chi connectivity index (χ1v) is 9.32. The fourth-order valence-corrected chi connectivity index (χ4v) is 4.18. The zero-order valence-electron chi connectivity index (χ0n) is 15.2. The van der Waals surface area contributed by atoms with Crippen LogP contribution in [-0.2, 0) is 4.79 Å². The number of rotatable bonds is 3. The monoisotopic (exact) mass is 380 g/mol. The number of anilines is 2. The van der Waals surface area contributed by atoms with Crippen molar-refractivity contribution in [3.8, 4) is 0 Å². The highest BCUT2D eigenvalue weighted by Crippen LogP contribution is 2.47. The van der Waals surface area contributed by atoms with Gasteiger partial charge in [0, 0.05) is 24.0 Å². The van der Waals surface area contributed by atoms with Crippen LogP contribution in [-0.4, -0.2) is 34.5 Å². The Morgan fingerprint density at radius 2 is 1.81 bits per heavy atom. The van der Waals surface area contributed by atoms with E-state index >= 15 is 0 Å². The van der Waals surface area contributed by atoms with E-state index in [2.05, 4.69) is 10.3 Å². The molecule has 0 radical (unpaired) electrons. The lowest BCUT2D eigenvalue weighted by Crippen LogP contribution is -2.55. The minimum Gasteiger partial charge on any atom is -0.355 e. The Kier molecular flexibility index (Phi) is 4.19. The summed E-state index contributed by atoms with van der Waals surface area (Å²) in [5.41, 5.74) is 2.34. The molecule has 2 aliphatic rings. The van der Waals surface area contributed by atoms with Crippen LogP contribution in [0.3, 0.4) is 0 Å². The first-order chi connectivity index (χ1) is 13.0. The van der Waals surface area contributed by atoms with Crippen LogP contribution in [0.15, 0.2) is 42.6 Å². The van der Waals surface area contributed by atoms with Crippen LogP contribution in [0, 0.1) is 6.92 Å². The van der Waals surface area contributed by atoms with Crippen LogP contribution >= 0.6 is 12.2 Å². The van der Waals surface area contributed by atoms with Gasteiger partial charge in [-0.05, 0) is 74.8 Å². The van der Waals surface area contributed by atoms with E-state index in [1.54, 1.807) is 30.3 Å². The van der Waals surface area contributed by atoms with Crippen LogP contribution in [0.2, 0.25) is 0 Å². The van der Waals surface area contributed by atoms with Gasteiger partial charge in [-0.1, -0.05) is 0 Å². The Hall–Kier alpha value is -2.80. The number of carbonyl (C=O) groups excluding carboxylic acids is 2. The number of thiocarbonyl (C=S) groups is 1. The van der Waals surface area contributed by atoms with Crippen LogP contribution < -0.4 is 15.1 Å². The molecule has 1 aliphatic carbocycles. The normalized spacial score (nSPS) is 18.0. The minimum atomic E-state index is -0.628. The van der Waals surface area contributed by atoms with Crippen molar-refractivity contribution in [3.05, 3.63) is 53.9 Å². The van der Waals surface area contributed by atoms with Gasteiger partial charge in [-0.2, -0.15) is 0 Å². The molecule has 7 heteroatoms. The predicted molar refractivity (Wildman–Crippen MR) is 108 cm³/mol. The number of aromatic nitrogens is 1. The van der Waals surface area contributed by atoms with E-state index in [0.717, 1.165) is 30.6 Å². The summed E-state index contributed by atoms with van der Waals surface area (Å²) >= 11 is 5.72. The molecule has 2 amide bonds. The number of hydrogen-bond donors (Lipinski definition) is 1. The highest BCUT2D eigenvalue weighted by molar-refractivity contribution is 7.81. The van der Waals surface area contributed by atoms with E-state index < -0.39 is 5.54 Å². The van der Waals surface area contributed by atoms with Gasteiger partial charge in [0.05, 0.1) is 11.9 Å². The average molecular weight is 380 g/mol. The molecule has 1 spiro atoms. The Labute approximate surface area is 163 Å². The van der Waals surface area contributed by atoms with Crippen molar-refractivity contribution >= 4 is 40.5 Å². The Balaban J connectivity index is 1.73. The van der Waals surface area contributed by atoms with Crippen molar-refractivity contribution in [1.82, 2.24) is 10.3 Å². The third-order valence-electron chi connectivity index (χ3n) is 5.36. The SMILES string of the molecule is CNC(=O)c1ccc(N2C(=S)N(c3ccc(C)nc3)C(=O)C23CCC3)cc1. The lowest BCUT2D eigenvalue weighted by atomic mass is 9.75. The fraction of sp³-hybridized carbons (Fsp3) is 0.300. The lowest BCUT2D eigenvalue weighted by Gasteiger charge is -2.43. The summed E-state index contributed by atoms with van der Waals surface area (Å²) in [5.74, 6) is -0.146. The molecule has 1 aromatic carbocycles. The molecule has 27 heavy (non-hydrogen) atoms. The van der Waals surface area contributed by atoms with Gasteiger partial charge in [0.2, 0.25) is 0 Å². The van der Waals surface area contributed by atoms with Crippen molar-refractivity contribution in [3.63, 3.8) is 0 Å². The number of hydrogen-bond acceptors (Lipinski definition) is 4. The third-order valence-corrected chi connectivity index (χ3v) is 5.73. The first kappa shape index (κ1) is 17.6. The molecule has 2 aromatic rings. The van der Waals surface area contributed by atoms with E-state index in [0.29, 0.717) is 16.4 Å². The molecule has 1 aliphatic heterocycles. The molecule has 1 N–H and O–H groups in total. The quantitative estimate of drug-likeness (QED) is 0.830. The van der Waals surface area contributed by atoms with E-state index in [4.69, 9.17) is 12.2 Å². The van der Waals surface area contributed by atoms with Crippen molar-refractivity contribution in [2.45, 2.75) is 31.7 Å². The molecule has 2 heterocycles. The maximum absolute atomic E-state index is 13.3. The number of amides is 2. The molecule has 6 nitrogen and oxygen atoms in total. The summed E-state index contributed by atoms with van der Waals surface area (Å²) in [6.07, 6.45) is 4.20. The van der Waals surface area contributed by atoms with E-state index in [1.807, 2.05) is 36.1 Å². The predicted octanol–water partition coefficient (Wildman–Crippen LogP) is 2.81. The van der Waals surface area contributed by atoms with Crippen molar-refractivity contribution < 1.29 is 9.59 Å². The van der Waals surface area contributed by atoms with Gasteiger partial charge in [-0.25, -0.2) is 0 Å². The van der Waals surface area contributed by atoms with E-state index in [9.17, 15) is 9.59 Å². The molecular formula is C20H20N4O2S. The maximum Gasteiger partial charge on any atom is 0.259 e. The average Bonchev–Trinajstić information content (AvgIpc) is 2.89. The molecule has 2 fully saturated rings. The van der Waals surface area contributed by atoms with Crippen LogP contribution in [0.4, 0.5) is 11.4 Å². The third kappa shape index (κ3) is 2.61. The fourth-order valence-electron chi connectivity index (χ4n) is 3.71. The van der Waals surface area contributed by atoms with Crippen LogP contribution in [0.1, 0.15) is 35.3 Å². The van der Waals surface area contributed by atoms with Crippen LogP contribution in [0.5, 0.6) is 0 Å². The van der Waals surface area contributed by atoms with Gasteiger partial charge in [0.1, 0.15) is 5.54 Å². The number of nitrogens with zero attached hydrogens (tertiary/aromatic N) is 3. The molecule has 0 bridgehead atoms. The zero-order valence-corrected chi connectivity index (χ0v) is 16.0. The molecule has 1 saturated carbocycles. The summed E-state index contributed by atoms with van der Waals surface area (Å²) in [7, 11) is 1.60. The summed E-state index contributed by atoms with van der Waals surface area (Å²) in [6, 6.07) is 11.0. The number of aryl methyl sites for hydroxylation is 1. The molecule has 1 saturated heterocycles. The summed E-state index contributed by atoms with van der Waals surface area (Å²) in [6.45, 7) is 1.90. The van der Waals surface area contributed by atoms with Gasteiger partial charge >= 0.3 is 0 Å². The number of carbonyl (C=O) groups is 2.